The van der Waals surface area contributed by atoms with Crippen LogP contribution in [0.4, 0.5) is 21.0 Å². The van der Waals surface area contributed by atoms with Gasteiger partial charge in [-0.3, -0.25) is 10.6 Å². The lowest BCUT2D eigenvalue weighted by Crippen LogP contribution is -2.26. The molecule has 0 fully saturated rings. The Balaban J connectivity index is 1.68. The van der Waals surface area contributed by atoms with Gasteiger partial charge in [-0.2, -0.15) is 0 Å². The molecule has 4 rings (SSSR count). The molecule has 6 nitrogen and oxygen atoms in total. The van der Waals surface area contributed by atoms with Crippen molar-refractivity contribution in [2.45, 2.75) is 149 Å². The Morgan fingerprint density at radius 1 is 0.642 bits per heavy atom. The minimum Gasteiger partial charge on any atom is -0.442 e. The first kappa shape index (κ1) is 41.4. The third-order valence-corrected chi connectivity index (χ3v) is 10.5. The van der Waals surface area contributed by atoms with Gasteiger partial charge in [0.1, 0.15) is 12.2 Å². The van der Waals surface area contributed by atoms with E-state index in [1.165, 1.54) is 86.5 Å². The van der Waals surface area contributed by atoms with Gasteiger partial charge in [-0.25, -0.2) is 9.59 Å². The predicted molar refractivity (Wildman–Crippen MR) is 222 cm³/mol. The Bertz CT molecular complexity index is 1640. The summed E-state index contributed by atoms with van der Waals surface area (Å²) in [6.07, 6.45) is 22.4. The first-order valence-corrected chi connectivity index (χ1v) is 20.3. The fraction of sp³-hybridized carbons (Fsp3) is 0.489. The van der Waals surface area contributed by atoms with Crippen molar-refractivity contribution in [3.63, 3.8) is 0 Å². The van der Waals surface area contributed by atoms with Crippen molar-refractivity contribution in [2.24, 2.45) is 0 Å². The van der Waals surface area contributed by atoms with E-state index in [1.54, 1.807) is 0 Å². The largest absolute Gasteiger partial charge is 0.442 e. The van der Waals surface area contributed by atoms with E-state index in [0.29, 0.717) is 0 Å². The molecule has 0 aromatic heterocycles. The summed E-state index contributed by atoms with van der Waals surface area (Å²) in [5, 5.41) is 6.09. The van der Waals surface area contributed by atoms with Crippen LogP contribution < -0.4 is 10.6 Å². The summed E-state index contributed by atoms with van der Waals surface area (Å²) >= 11 is 0. The number of hydrogen-bond donors (Lipinski definition) is 2. The van der Waals surface area contributed by atoms with Crippen molar-refractivity contribution in [1.82, 2.24) is 0 Å². The molecule has 0 bridgehead atoms. The minimum atomic E-state index is -0.489. The minimum absolute atomic E-state index is 0.253. The topological polar surface area (TPSA) is 76.7 Å². The lowest BCUT2D eigenvalue weighted by molar-refractivity contribution is 0.134. The summed E-state index contributed by atoms with van der Waals surface area (Å²) < 4.78 is 11.6. The Morgan fingerprint density at radius 2 is 1.11 bits per heavy atom. The second kappa shape index (κ2) is 21.4. The number of benzene rings is 3. The smallest absolute Gasteiger partial charge is 0.412 e. The zero-order valence-corrected chi connectivity index (χ0v) is 33.3. The van der Waals surface area contributed by atoms with Crippen LogP contribution in [0.25, 0.3) is 11.1 Å². The second-order valence-electron chi connectivity index (χ2n) is 14.8. The van der Waals surface area contributed by atoms with E-state index in [0.717, 1.165) is 48.2 Å². The van der Waals surface area contributed by atoms with Gasteiger partial charge < -0.3 is 9.47 Å². The summed E-state index contributed by atoms with van der Waals surface area (Å²) in [7, 11) is 0. The first-order valence-electron chi connectivity index (χ1n) is 20.3. The van der Waals surface area contributed by atoms with Crippen LogP contribution in [-0.2, 0) is 14.9 Å². The highest BCUT2D eigenvalue weighted by Gasteiger charge is 2.42. The predicted octanol–water partition coefficient (Wildman–Crippen LogP) is 14.1. The maximum absolute atomic E-state index is 13.5. The van der Waals surface area contributed by atoms with Gasteiger partial charge >= 0.3 is 12.2 Å². The number of amides is 2. The van der Waals surface area contributed by atoms with E-state index in [2.05, 4.69) is 48.7 Å². The van der Waals surface area contributed by atoms with Crippen LogP contribution in [0, 0.1) is 6.92 Å². The number of allylic oxidation sites excluding steroid dienone is 2. The van der Waals surface area contributed by atoms with Gasteiger partial charge in [-0.1, -0.05) is 145 Å². The average molecular weight is 721 g/mol. The van der Waals surface area contributed by atoms with E-state index >= 15 is 0 Å². The summed E-state index contributed by atoms with van der Waals surface area (Å²) in [6, 6.07) is 20.7. The number of carbonyl (C=O) groups is 2. The quantitative estimate of drug-likeness (QED) is 0.0848. The standard InChI is InChI=1S/C47H64N2O4/c1-7-11-13-15-17-19-31-47(32-20-18-16-14-12-8-2)42-33-38(48-45(50)52-36(6)21-9-3)27-29-40(42)41-30-28-39(34-43(41)47)49-46(51)53-44(22-10-4)37-25-23-35(5)24-26-37/h9-10,21-30,33-34,36,44H,7-8,11-20,31-32H2,1-6H3,(H,48,50)(H,49,51)/b21-9+,22-10+. The molecule has 0 saturated carbocycles. The summed E-state index contributed by atoms with van der Waals surface area (Å²) in [5.74, 6) is 0. The van der Waals surface area contributed by atoms with Crippen molar-refractivity contribution < 1.29 is 19.1 Å². The Kier molecular flexibility index (Phi) is 16.7. The van der Waals surface area contributed by atoms with Crippen LogP contribution in [0.2, 0.25) is 0 Å². The number of hydrogen-bond acceptors (Lipinski definition) is 4. The molecule has 0 spiro atoms. The summed E-state index contributed by atoms with van der Waals surface area (Å²) in [4.78, 5) is 26.4. The molecular formula is C47H64N2O4. The molecule has 3 aromatic rings. The number of anilines is 2. The maximum atomic E-state index is 13.5. The second-order valence-corrected chi connectivity index (χ2v) is 14.8. The zero-order valence-electron chi connectivity index (χ0n) is 33.3. The molecule has 6 heteroatoms. The van der Waals surface area contributed by atoms with Gasteiger partial charge in [0, 0.05) is 16.8 Å². The van der Waals surface area contributed by atoms with Crippen LogP contribution in [0.3, 0.4) is 0 Å². The lowest BCUT2D eigenvalue weighted by atomic mass is 9.70. The average Bonchev–Trinajstić information content (AvgIpc) is 3.39. The van der Waals surface area contributed by atoms with Gasteiger partial charge in [0.25, 0.3) is 0 Å². The van der Waals surface area contributed by atoms with E-state index in [-0.39, 0.29) is 11.5 Å². The fourth-order valence-electron chi connectivity index (χ4n) is 7.77. The summed E-state index contributed by atoms with van der Waals surface area (Å²) in [5.41, 5.74) is 8.17. The van der Waals surface area contributed by atoms with Gasteiger partial charge in [-0.15, -0.1) is 0 Å². The Labute approximate surface area is 319 Å². The molecule has 0 heterocycles. The number of aryl methyl sites for hydroxylation is 1. The highest BCUT2D eigenvalue weighted by atomic mass is 16.6. The lowest BCUT2D eigenvalue weighted by Gasteiger charge is -2.33. The highest BCUT2D eigenvalue weighted by Crippen LogP contribution is 2.55. The maximum Gasteiger partial charge on any atom is 0.412 e. The molecule has 0 saturated heterocycles. The third kappa shape index (κ3) is 11.8. The van der Waals surface area contributed by atoms with E-state index in [1.807, 2.05) is 88.4 Å². The molecule has 2 amide bonds. The fourth-order valence-corrected chi connectivity index (χ4v) is 7.77. The Hall–Kier alpha value is -4.32. The van der Waals surface area contributed by atoms with Crippen molar-refractivity contribution in [3.8, 4) is 11.1 Å². The molecule has 1 aliphatic rings. The number of carbonyl (C=O) groups excluding carboxylic acids is 2. The zero-order chi connectivity index (χ0) is 38.1. The first-order chi connectivity index (χ1) is 25.7. The van der Waals surface area contributed by atoms with Crippen LogP contribution in [0.5, 0.6) is 0 Å². The number of ether oxygens (including phenoxy) is 2. The molecule has 3 aromatic carbocycles. The molecule has 286 valence electrons. The molecule has 2 N–H and O–H groups in total. The molecular weight excluding hydrogens is 657 g/mol. The highest BCUT2D eigenvalue weighted by molar-refractivity contribution is 5.91. The van der Waals surface area contributed by atoms with E-state index in [4.69, 9.17) is 9.47 Å². The van der Waals surface area contributed by atoms with Gasteiger partial charge in [0.2, 0.25) is 0 Å². The number of fused-ring (bicyclic) bond motifs is 3. The van der Waals surface area contributed by atoms with Gasteiger partial charge in [0.05, 0.1) is 0 Å². The van der Waals surface area contributed by atoms with E-state index in [9.17, 15) is 9.59 Å². The number of unbranched alkanes of at least 4 members (excludes halogenated alkanes) is 10. The normalized spacial score (nSPS) is 14.2. The van der Waals surface area contributed by atoms with Crippen molar-refractivity contribution >= 4 is 23.6 Å². The Morgan fingerprint density at radius 3 is 1.60 bits per heavy atom. The summed E-state index contributed by atoms with van der Waals surface area (Å²) in [6.45, 7) is 12.3. The van der Waals surface area contributed by atoms with Crippen molar-refractivity contribution in [2.75, 3.05) is 10.6 Å². The molecule has 2 unspecified atom stereocenters. The number of nitrogens with one attached hydrogen (secondary N) is 2. The van der Waals surface area contributed by atoms with Gasteiger partial charge in [-0.05, 0) is 105 Å². The van der Waals surface area contributed by atoms with Gasteiger partial charge in [0.15, 0.2) is 0 Å². The van der Waals surface area contributed by atoms with E-state index < -0.39 is 18.3 Å². The molecule has 0 aliphatic heterocycles. The molecule has 53 heavy (non-hydrogen) atoms. The van der Waals surface area contributed by atoms with Crippen LogP contribution >= 0.6 is 0 Å². The molecule has 2 atom stereocenters. The van der Waals surface area contributed by atoms with Crippen molar-refractivity contribution in [3.05, 3.63) is 107 Å². The molecule has 0 radical (unpaired) electrons. The molecule has 1 aliphatic carbocycles. The van der Waals surface area contributed by atoms with Crippen LogP contribution in [-0.4, -0.2) is 18.3 Å². The van der Waals surface area contributed by atoms with Crippen molar-refractivity contribution in [1.29, 1.82) is 0 Å². The number of rotatable bonds is 21. The SMILES string of the molecule is C/C=C/C(C)OC(=O)Nc1ccc2c(c1)C(CCCCCCCC)(CCCCCCCC)c1cc(NC(=O)OC(/C=C/C)c3ccc(C)cc3)ccc1-2. The third-order valence-electron chi connectivity index (χ3n) is 10.5. The van der Waals surface area contributed by atoms with Crippen LogP contribution in [0.1, 0.15) is 153 Å². The monoisotopic (exact) mass is 720 g/mol. The van der Waals surface area contributed by atoms with Crippen LogP contribution in [0.15, 0.2) is 85.0 Å².